The molecular weight excluding hydrogens is 520 g/mol. The Balaban J connectivity index is 1.18. The quantitative estimate of drug-likeness (QED) is 0.315. The number of carbonyl (C=O) groups is 1. The predicted molar refractivity (Wildman–Crippen MR) is 158 cm³/mol. The molecule has 0 atom stereocenters. The number of benzene rings is 2. The zero-order valence-electron chi connectivity index (χ0n) is 24.1. The van der Waals surface area contributed by atoms with Gasteiger partial charge in [0.15, 0.2) is 5.82 Å². The van der Waals surface area contributed by atoms with Gasteiger partial charge in [-0.25, -0.2) is 14.5 Å². The van der Waals surface area contributed by atoms with E-state index in [0.29, 0.717) is 35.1 Å². The Morgan fingerprint density at radius 3 is 2.37 bits per heavy atom. The first-order chi connectivity index (χ1) is 19.9. The molecule has 0 aliphatic carbocycles. The third-order valence-corrected chi connectivity index (χ3v) is 8.64. The average molecular weight is 563 g/mol. The molecule has 2 aliphatic heterocycles. The summed E-state index contributed by atoms with van der Waals surface area (Å²) in [6.45, 7) is 10.4. The van der Waals surface area contributed by atoms with Gasteiger partial charge in [-0.15, -0.1) is 0 Å². The topological polar surface area (TPSA) is 127 Å². The minimum absolute atomic E-state index is 0.0103. The van der Waals surface area contributed by atoms with Crippen molar-refractivity contribution < 1.29 is 15.0 Å². The van der Waals surface area contributed by atoms with Crippen LogP contribution in [-0.4, -0.2) is 80.0 Å². The standard InChI is InChI=1S/C31H42N6O4/c1-3-23-17-26(28(39)18-27(23)38)29-33-34-31(41)37(29)25-7-5-22(6-8-25)20-35-13-11-24(12-14-35)30(40)36-15-9-21(10-16-36)19-32-4-2/h5-8,17-18,21,24,32,38-39H,3-4,9-16,19-20H2,1-2H3,(H,34,41). The first kappa shape index (κ1) is 28.9. The van der Waals surface area contributed by atoms with Crippen LogP contribution in [0.5, 0.6) is 11.5 Å². The predicted octanol–water partition coefficient (Wildman–Crippen LogP) is 3.26. The van der Waals surface area contributed by atoms with Gasteiger partial charge in [-0.1, -0.05) is 26.0 Å². The number of aromatic hydroxyl groups is 2. The highest BCUT2D eigenvalue weighted by molar-refractivity contribution is 5.79. The molecule has 220 valence electrons. The van der Waals surface area contributed by atoms with Crippen molar-refractivity contribution in [3.05, 3.63) is 58.0 Å². The van der Waals surface area contributed by atoms with E-state index in [9.17, 15) is 19.8 Å². The minimum Gasteiger partial charge on any atom is -0.508 e. The van der Waals surface area contributed by atoms with Crippen LogP contribution in [-0.2, 0) is 17.8 Å². The van der Waals surface area contributed by atoms with E-state index >= 15 is 0 Å². The van der Waals surface area contributed by atoms with Crippen molar-refractivity contribution in [1.82, 2.24) is 29.9 Å². The van der Waals surface area contributed by atoms with Crippen LogP contribution in [0.15, 0.2) is 41.2 Å². The minimum atomic E-state index is -0.410. The second-order valence-corrected chi connectivity index (χ2v) is 11.3. The lowest BCUT2D eigenvalue weighted by molar-refractivity contribution is -0.138. The Kier molecular flexibility index (Phi) is 9.09. The number of hydrogen-bond acceptors (Lipinski definition) is 7. The molecule has 3 heterocycles. The van der Waals surface area contributed by atoms with Crippen molar-refractivity contribution in [2.75, 3.05) is 39.3 Å². The van der Waals surface area contributed by atoms with Crippen LogP contribution in [0.25, 0.3) is 17.1 Å². The Morgan fingerprint density at radius 2 is 1.71 bits per heavy atom. The molecule has 0 spiro atoms. The molecule has 0 saturated carbocycles. The van der Waals surface area contributed by atoms with Crippen molar-refractivity contribution in [1.29, 1.82) is 0 Å². The first-order valence-electron chi connectivity index (χ1n) is 14.9. The maximum atomic E-state index is 13.1. The number of aromatic amines is 1. The number of carbonyl (C=O) groups excluding carboxylic acids is 1. The molecule has 1 aromatic heterocycles. The van der Waals surface area contributed by atoms with Crippen molar-refractivity contribution >= 4 is 5.91 Å². The number of rotatable bonds is 9. The van der Waals surface area contributed by atoms with Crippen LogP contribution in [0.2, 0.25) is 0 Å². The van der Waals surface area contributed by atoms with Crippen LogP contribution in [0.1, 0.15) is 50.7 Å². The normalized spacial score (nSPS) is 17.3. The molecule has 10 nitrogen and oxygen atoms in total. The number of phenolic OH excluding ortho intramolecular Hbond substituents is 2. The fourth-order valence-electron chi connectivity index (χ4n) is 6.11. The molecule has 0 bridgehead atoms. The summed E-state index contributed by atoms with van der Waals surface area (Å²) in [4.78, 5) is 30.3. The molecule has 4 N–H and O–H groups in total. The lowest BCUT2D eigenvalue weighted by Gasteiger charge is -2.37. The number of likely N-dealkylation sites (tertiary alicyclic amines) is 2. The summed E-state index contributed by atoms with van der Waals surface area (Å²) in [6, 6.07) is 10.7. The fourth-order valence-corrected chi connectivity index (χ4v) is 6.11. The van der Waals surface area contributed by atoms with Gasteiger partial charge in [-0.2, -0.15) is 5.10 Å². The van der Waals surface area contributed by atoms with Gasteiger partial charge in [0.2, 0.25) is 5.91 Å². The molecule has 10 heteroatoms. The van der Waals surface area contributed by atoms with E-state index in [4.69, 9.17) is 0 Å². The highest BCUT2D eigenvalue weighted by Gasteiger charge is 2.31. The van der Waals surface area contributed by atoms with E-state index in [0.717, 1.165) is 77.1 Å². The molecule has 41 heavy (non-hydrogen) atoms. The molecule has 2 aromatic carbocycles. The lowest BCUT2D eigenvalue weighted by atomic mass is 9.92. The van der Waals surface area contributed by atoms with E-state index in [1.807, 2.05) is 31.2 Å². The maximum Gasteiger partial charge on any atom is 0.348 e. The highest BCUT2D eigenvalue weighted by Crippen LogP contribution is 2.34. The van der Waals surface area contributed by atoms with Crippen LogP contribution in [0.4, 0.5) is 0 Å². The Bertz CT molecular complexity index is 1380. The molecule has 2 saturated heterocycles. The number of nitrogens with one attached hydrogen (secondary N) is 2. The number of phenols is 2. The van der Waals surface area contributed by atoms with E-state index in [1.54, 1.807) is 6.07 Å². The summed E-state index contributed by atoms with van der Waals surface area (Å²) in [5, 5.41) is 30.6. The number of aryl methyl sites for hydroxylation is 1. The van der Waals surface area contributed by atoms with Gasteiger partial charge in [0.25, 0.3) is 0 Å². The number of H-pyrrole nitrogens is 1. The molecule has 5 rings (SSSR count). The van der Waals surface area contributed by atoms with Gasteiger partial charge in [-0.3, -0.25) is 9.69 Å². The van der Waals surface area contributed by atoms with Gasteiger partial charge >= 0.3 is 5.69 Å². The van der Waals surface area contributed by atoms with Crippen LogP contribution in [0, 0.1) is 11.8 Å². The number of nitrogens with zero attached hydrogens (tertiary/aromatic N) is 4. The zero-order valence-corrected chi connectivity index (χ0v) is 24.1. The largest absolute Gasteiger partial charge is 0.508 e. The summed E-state index contributed by atoms with van der Waals surface area (Å²) in [7, 11) is 0. The van der Waals surface area contributed by atoms with Crippen LogP contribution >= 0.6 is 0 Å². The first-order valence-corrected chi connectivity index (χ1v) is 14.9. The average Bonchev–Trinajstić information content (AvgIpc) is 3.37. The Hall–Kier alpha value is -3.63. The SMILES string of the molecule is CCNCC1CCN(C(=O)C2CCN(Cc3ccc(-n4c(-c5cc(CC)c(O)cc5O)n[nH]c4=O)cc3)CC2)CC1. The summed E-state index contributed by atoms with van der Waals surface area (Å²) < 4.78 is 1.43. The Labute approximate surface area is 241 Å². The fraction of sp³-hybridized carbons (Fsp3) is 0.516. The lowest BCUT2D eigenvalue weighted by Crippen LogP contribution is -2.46. The smallest absolute Gasteiger partial charge is 0.348 e. The second kappa shape index (κ2) is 12.9. The third-order valence-electron chi connectivity index (χ3n) is 8.64. The summed E-state index contributed by atoms with van der Waals surface area (Å²) in [5.41, 5.74) is 2.38. The molecule has 1 amide bonds. The highest BCUT2D eigenvalue weighted by atomic mass is 16.3. The van der Waals surface area contributed by atoms with Crippen molar-refractivity contribution in [2.45, 2.75) is 52.5 Å². The zero-order chi connectivity index (χ0) is 28.9. The van der Waals surface area contributed by atoms with Gasteiger partial charge in [0, 0.05) is 31.6 Å². The number of hydrogen-bond donors (Lipinski definition) is 4. The van der Waals surface area contributed by atoms with Gasteiger partial charge in [0.05, 0.1) is 11.3 Å². The van der Waals surface area contributed by atoms with Crippen molar-refractivity contribution in [2.24, 2.45) is 11.8 Å². The Morgan fingerprint density at radius 1 is 1.00 bits per heavy atom. The monoisotopic (exact) mass is 562 g/mol. The molecular formula is C31H42N6O4. The van der Waals surface area contributed by atoms with Crippen molar-refractivity contribution in [3.63, 3.8) is 0 Å². The van der Waals surface area contributed by atoms with Gasteiger partial charge in [-0.05, 0) is 93.5 Å². The number of amides is 1. The molecule has 0 unspecified atom stereocenters. The van der Waals surface area contributed by atoms with Gasteiger partial charge < -0.3 is 20.4 Å². The number of piperidine rings is 2. The van der Waals surface area contributed by atoms with E-state index < -0.39 is 5.69 Å². The molecule has 2 fully saturated rings. The van der Waals surface area contributed by atoms with E-state index in [-0.39, 0.29) is 23.2 Å². The van der Waals surface area contributed by atoms with Crippen LogP contribution in [0.3, 0.4) is 0 Å². The third kappa shape index (κ3) is 6.49. The van der Waals surface area contributed by atoms with E-state index in [2.05, 4.69) is 32.2 Å². The number of aromatic nitrogens is 3. The molecule has 2 aliphatic rings. The summed E-state index contributed by atoms with van der Waals surface area (Å²) >= 11 is 0. The van der Waals surface area contributed by atoms with Crippen molar-refractivity contribution in [3.8, 4) is 28.6 Å². The molecule has 3 aromatic rings. The van der Waals surface area contributed by atoms with Gasteiger partial charge in [0.1, 0.15) is 11.5 Å². The molecule has 0 radical (unpaired) electrons. The summed E-state index contributed by atoms with van der Waals surface area (Å²) in [5.74, 6) is 1.28. The summed E-state index contributed by atoms with van der Waals surface area (Å²) in [6.07, 6.45) is 4.53. The maximum absolute atomic E-state index is 13.1. The van der Waals surface area contributed by atoms with Crippen LogP contribution < -0.4 is 11.0 Å². The van der Waals surface area contributed by atoms with E-state index in [1.165, 1.54) is 10.6 Å². The second-order valence-electron chi connectivity index (χ2n) is 11.3.